The second-order valence-corrected chi connectivity index (χ2v) is 10.0. The lowest BCUT2D eigenvalue weighted by atomic mass is 9.85. The van der Waals surface area contributed by atoms with Crippen molar-refractivity contribution in [2.45, 2.75) is 65.2 Å². The van der Waals surface area contributed by atoms with E-state index in [4.69, 9.17) is 27.9 Å². The number of ether oxygens (including phenoxy) is 1. The molecule has 0 saturated carbocycles. The number of alkyl halides is 3. The summed E-state index contributed by atoms with van der Waals surface area (Å²) in [6.45, 7) is 7.92. The first kappa shape index (κ1) is 28.0. The van der Waals surface area contributed by atoms with Crippen LogP contribution in [0.3, 0.4) is 0 Å². The van der Waals surface area contributed by atoms with Crippen molar-refractivity contribution in [3.05, 3.63) is 63.1 Å². The number of anilines is 1. The molecule has 0 aliphatic heterocycles. The summed E-state index contributed by atoms with van der Waals surface area (Å²) in [7, 11) is 0. The fourth-order valence-electron chi connectivity index (χ4n) is 3.39. The van der Waals surface area contributed by atoms with E-state index in [0.29, 0.717) is 22.6 Å². The average molecular weight is 518 g/mol. The summed E-state index contributed by atoms with van der Waals surface area (Å²) in [4.78, 5) is 25.1. The summed E-state index contributed by atoms with van der Waals surface area (Å²) < 4.78 is 46.2. The number of halogens is 5. The highest BCUT2D eigenvalue weighted by molar-refractivity contribution is 6.33. The van der Waals surface area contributed by atoms with Gasteiger partial charge in [-0.25, -0.2) is 0 Å². The van der Waals surface area contributed by atoms with Crippen LogP contribution in [-0.4, -0.2) is 23.7 Å². The van der Waals surface area contributed by atoms with E-state index in [-0.39, 0.29) is 28.7 Å². The Hall–Kier alpha value is -2.25. The quantitative estimate of drug-likeness (QED) is 0.387. The lowest BCUT2D eigenvalue weighted by Gasteiger charge is -2.26. The first-order valence-electron chi connectivity index (χ1n) is 10.7. The molecule has 1 N–H and O–H groups in total. The monoisotopic (exact) mass is 517 g/mol. The third kappa shape index (κ3) is 7.91. The van der Waals surface area contributed by atoms with Crippen LogP contribution in [0.25, 0.3) is 0 Å². The molecule has 9 heteroatoms. The van der Waals surface area contributed by atoms with Crippen LogP contribution in [0.5, 0.6) is 0 Å². The third-order valence-corrected chi connectivity index (χ3v) is 5.92. The molecule has 0 heterocycles. The predicted octanol–water partition coefficient (Wildman–Crippen LogP) is 7.50. The Morgan fingerprint density at radius 2 is 1.65 bits per heavy atom. The Morgan fingerprint density at radius 1 is 1.03 bits per heavy atom. The molecule has 0 aliphatic rings. The van der Waals surface area contributed by atoms with Gasteiger partial charge in [0.25, 0.3) is 0 Å². The molecule has 0 aromatic heterocycles. The molecule has 0 spiro atoms. The van der Waals surface area contributed by atoms with Gasteiger partial charge in [0, 0.05) is 11.4 Å². The Labute approximate surface area is 207 Å². The molecule has 2 unspecified atom stereocenters. The average Bonchev–Trinajstić information content (AvgIpc) is 2.69. The molecule has 0 radical (unpaired) electrons. The van der Waals surface area contributed by atoms with Crippen molar-refractivity contribution in [3.63, 3.8) is 0 Å². The van der Waals surface area contributed by atoms with Crippen molar-refractivity contribution in [1.82, 2.24) is 0 Å². The standard InChI is InChI=1S/C25H28Cl2F3NO3/c1-14-12-17(8-10-18(14)26)22(15(2)25(28,29)30)23(33)31-20-13-16(6-9-19(20)27)7-11-21(32)34-24(3,4)5/h6,8-10,12-13,15,22H,7,11H2,1-5H3,(H,31,33). The topological polar surface area (TPSA) is 55.4 Å². The Bertz CT molecular complexity index is 1050. The summed E-state index contributed by atoms with van der Waals surface area (Å²) in [6, 6.07) is 9.12. The maximum Gasteiger partial charge on any atom is 0.392 e. The van der Waals surface area contributed by atoms with Gasteiger partial charge in [0.1, 0.15) is 5.60 Å². The second kappa shape index (κ2) is 11.0. The normalized spacial score (nSPS) is 13.8. The van der Waals surface area contributed by atoms with Crippen LogP contribution in [0.15, 0.2) is 36.4 Å². The van der Waals surface area contributed by atoms with Crippen molar-refractivity contribution < 1.29 is 27.5 Å². The third-order valence-electron chi connectivity index (χ3n) is 5.17. The van der Waals surface area contributed by atoms with E-state index in [1.54, 1.807) is 39.8 Å². The zero-order valence-corrected chi connectivity index (χ0v) is 21.2. The van der Waals surface area contributed by atoms with E-state index >= 15 is 0 Å². The van der Waals surface area contributed by atoms with Gasteiger partial charge in [-0.3, -0.25) is 9.59 Å². The summed E-state index contributed by atoms with van der Waals surface area (Å²) >= 11 is 12.2. The smallest absolute Gasteiger partial charge is 0.392 e. The fourth-order valence-corrected chi connectivity index (χ4v) is 3.67. The van der Waals surface area contributed by atoms with Crippen molar-refractivity contribution in [1.29, 1.82) is 0 Å². The van der Waals surface area contributed by atoms with Crippen molar-refractivity contribution in [2.24, 2.45) is 5.92 Å². The van der Waals surface area contributed by atoms with Gasteiger partial charge >= 0.3 is 12.1 Å². The van der Waals surface area contributed by atoms with Gasteiger partial charge in [-0.15, -0.1) is 0 Å². The van der Waals surface area contributed by atoms with E-state index in [2.05, 4.69) is 5.32 Å². The molecule has 0 fully saturated rings. The minimum atomic E-state index is -4.60. The highest BCUT2D eigenvalue weighted by Crippen LogP contribution is 2.39. The molecule has 186 valence electrons. The van der Waals surface area contributed by atoms with Crippen LogP contribution in [-0.2, 0) is 20.7 Å². The van der Waals surface area contributed by atoms with Crippen LogP contribution < -0.4 is 5.32 Å². The van der Waals surface area contributed by atoms with E-state index in [0.717, 1.165) is 6.92 Å². The summed E-state index contributed by atoms with van der Waals surface area (Å²) in [6.07, 6.45) is -4.19. The highest BCUT2D eigenvalue weighted by Gasteiger charge is 2.45. The largest absolute Gasteiger partial charge is 0.460 e. The minimum absolute atomic E-state index is 0.101. The zero-order valence-electron chi connectivity index (χ0n) is 19.6. The first-order chi connectivity index (χ1) is 15.6. The maximum absolute atomic E-state index is 13.6. The van der Waals surface area contributed by atoms with Crippen molar-refractivity contribution in [2.75, 3.05) is 5.32 Å². The number of amides is 1. The number of nitrogens with one attached hydrogen (secondary N) is 1. The van der Waals surface area contributed by atoms with Crippen LogP contribution in [0.1, 0.15) is 56.7 Å². The number of aryl methyl sites for hydroxylation is 2. The second-order valence-electron chi connectivity index (χ2n) is 9.21. The van der Waals surface area contributed by atoms with E-state index in [1.165, 1.54) is 24.3 Å². The number of rotatable bonds is 7. The predicted molar refractivity (Wildman–Crippen MR) is 128 cm³/mol. The highest BCUT2D eigenvalue weighted by atomic mass is 35.5. The van der Waals surface area contributed by atoms with Gasteiger partial charge in [0.15, 0.2) is 0 Å². The molecule has 2 aromatic rings. The van der Waals surface area contributed by atoms with Gasteiger partial charge in [-0.05, 0) is 69.0 Å². The first-order valence-corrected chi connectivity index (χ1v) is 11.5. The summed E-state index contributed by atoms with van der Waals surface area (Å²) in [5, 5.41) is 3.10. The number of hydrogen-bond donors (Lipinski definition) is 1. The number of carbonyl (C=O) groups is 2. The maximum atomic E-state index is 13.6. The number of hydrogen-bond acceptors (Lipinski definition) is 3. The van der Waals surface area contributed by atoms with Gasteiger partial charge in [0.05, 0.1) is 22.5 Å². The summed E-state index contributed by atoms with van der Waals surface area (Å²) in [5.41, 5.74) is 0.988. The number of carbonyl (C=O) groups excluding carboxylic acids is 2. The van der Waals surface area contributed by atoms with E-state index in [9.17, 15) is 22.8 Å². The van der Waals surface area contributed by atoms with Crippen LogP contribution in [0.4, 0.5) is 18.9 Å². The number of esters is 1. The lowest BCUT2D eigenvalue weighted by Crippen LogP contribution is -2.34. The van der Waals surface area contributed by atoms with E-state index in [1.807, 2.05) is 0 Å². The molecule has 2 aromatic carbocycles. The molecule has 2 rings (SSSR count). The van der Waals surface area contributed by atoms with Crippen LogP contribution >= 0.6 is 23.2 Å². The molecule has 1 amide bonds. The van der Waals surface area contributed by atoms with Gasteiger partial charge in [0.2, 0.25) is 5.91 Å². The lowest BCUT2D eigenvalue weighted by molar-refractivity contribution is -0.178. The molecule has 2 atom stereocenters. The number of benzene rings is 2. The molecule has 4 nitrogen and oxygen atoms in total. The van der Waals surface area contributed by atoms with Gasteiger partial charge in [-0.2, -0.15) is 13.2 Å². The van der Waals surface area contributed by atoms with Gasteiger partial charge < -0.3 is 10.1 Å². The molecule has 34 heavy (non-hydrogen) atoms. The molecule has 0 aliphatic carbocycles. The Balaban J connectivity index is 2.28. The minimum Gasteiger partial charge on any atom is -0.460 e. The molecule has 0 bridgehead atoms. The van der Waals surface area contributed by atoms with Crippen LogP contribution in [0.2, 0.25) is 10.0 Å². The van der Waals surface area contributed by atoms with Crippen molar-refractivity contribution in [3.8, 4) is 0 Å². The molecular weight excluding hydrogens is 490 g/mol. The Kier molecular flexibility index (Phi) is 9.05. The zero-order chi connectivity index (χ0) is 25.8. The SMILES string of the molecule is Cc1cc(C(C(=O)Nc2cc(CCC(=O)OC(C)(C)C)ccc2Cl)C(C)C(F)(F)F)ccc1Cl. The Morgan fingerprint density at radius 3 is 2.21 bits per heavy atom. The fraction of sp³-hybridized carbons (Fsp3) is 0.440. The van der Waals surface area contributed by atoms with Gasteiger partial charge in [-0.1, -0.05) is 48.3 Å². The van der Waals surface area contributed by atoms with E-state index < -0.39 is 29.5 Å². The molecule has 0 saturated heterocycles. The van der Waals surface area contributed by atoms with Crippen molar-refractivity contribution >= 4 is 40.8 Å². The van der Waals surface area contributed by atoms with Crippen LogP contribution in [0, 0.1) is 12.8 Å². The molecular formula is C25H28Cl2F3NO3. The summed E-state index contributed by atoms with van der Waals surface area (Å²) in [5.74, 6) is -4.71.